The Kier molecular flexibility index (Phi) is 7.36. The second-order valence-electron chi connectivity index (χ2n) is 9.91. The number of ether oxygens (including phenoxy) is 1. The predicted octanol–water partition coefficient (Wildman–Crippen LogP) is 6.03. The highest BCUT2D eigenvalue weighted by Gasteiger charge is 2.36. The fourth-order valence-electron chi connectivity index (χ4n) is 5.17. The molecule has 1 atom stereocenters. The summed E-state index contributed by atoms with van der Waals surface area (Å²) in [6.07, 6.45) is -4.98. The number of likely N-dealkylation sites (tertiary alicyclic amines) is 1. The van der Waals surface area contributed by atoms with Gasteiger partial charge in [-0.2, -0.15) is 13.2 Å². The molecule has 0 bridgehead atoms. The standard InChI is InChI=1S/C26H27F6N5O2/c1-15-8-19(27)20(34-25(38)36-3-2-16(12-36)11-26(30,31)32)10-18(15)17-9-22(35-4-6-39-7-5-35)24-33-21(23(28)29)14-37(24)13-17/h8-10,13-14,16,23H,2-7,11-12H2,1H3,(H,34,38). The zero-order valence-electron chi connectivity index (χ0n) is 21.1. The third kappa shape index (κ3) is 5.92. The lowest BCUT2D eigenvalue weighted by molar-refractivity contribution is -0.143. The number of rotatable bonds is 5. The van der Waals surface area contributed by atoms with E-state index >= 15 is 0 Å². The Hall–Kier alpha value is -3.48. The van der Waals surface area contributed by atoms with E-state index in [2.05, 4.69) is 10.3 Å². The van der Waals surface area contributed by atoms with Gasteiger partial charge in [-0.3, -0.25) is 0 Å². The van der Waals surface area contributed by atoms with Crippen LogP contribution in [-0.2, 0) is 4.74 Å². The van der Waals surface area contributed by atoms with Gasteiger partial charge in [0.1, 0.15) is 11.5 Å². The number of aryl methyl sites for hydroxylation is 1. The summed E-state index contributed by atoms with van der Waals surface area (Å²) in [5.74, 6) is -1.40. The summed E-state index contributed by atoms with van der Waals surface area (Å²) in [4.78, 5) is 20.1. The van der Waals surface area contributed by atoms with Gasteiger partial charge in [0, 0.05) is 50.6 Å². The van der Waals surface area contributed by atoms with Gasteiger partial charge in [-0.25, -0.2) is 22.9 Å². The van der Waals surface area contributed by atoms with Crippen LogP contribution in [0.25, 0.3) is 16.8 Å². The van der Waals surface area contributed by atoms with Crippen molar-refractivity contribution in [3.63, 3.8) is 0 Å². The second kappa shape index (κ2) is 10.6. The Morgan fingerprint density at radius 3 is 2.59 bits per heavy atom. The van der Waals surface area contributed by atoms with E-state index < -0.39 is 36.8 Å². The van der Waals surface area contributed by atoms with Gasteiger partial charge < -0.3 is 24.3 Å². The van der Waals surface area contributed by atoms with Crippen LogP contribution in [0, 0.1) is 18.7 Å². The summed E-state index contributed by atoms with van der Waals surface area (Å²) >= 11 is 0. The molecule has 0 radical (unpaired) electrons. The summed E-state index contributed by atoms with van der Waals surface area (Å²) < 4.78 is 87.0. The topological polar surface area (TPSA) is 62.1 Å². The highest BCUT2D eigenvalue weighted by Crippen LogP contribution is 2.35. The highest BCUT2D eigenvalue weighted by molar-refractivity contribution is 5.91. The molecule has 4 heterocycles. The molecule has 0 aliphatic carbocycles. The van der Waals surface area contributed by atoms with Crippen molar-refractivity contribution in [1.29, 1.82) is 0 Å². The molecule has 39 heavy (non-hydrogen) atoms. The van der Waals surface area contributed by atoms with Crippen molar-refractivity contribution >= 4 is 23.1 Å². The van der Waals surface area contributed by atoms with Gasteiger partial charge in [-0.1, -0.05) is 0 Å². The molecule has 2 fully saturated rings. The zero-order chi connectivity index (χ0) is 27.9. The van der Waals surface area contributed by atoms with E-state index in [1.807, 2.05) is 4.90 Å². The number of fused-ring (bicyclic) bond motifs is 1. The van der Waals surface area contributed by atoms with Gasteiger partial charge in [0.2, 0.25) is 0 Å². The Bertz CT molecular complexity index is 1370. The number of aromatic nitrogens is 2. The maximum absolute atomic E-state index is 14.9. The van der Waals surface area contributed by atoms with Crippen LogP contribution in [0.5, 0.6) is 0 Å². The molecule has 2 saturated heterocycles. The maximum Gasteiger partial charge on any atom is 0.389 e. The van der Waals surface area contributed by atoms with Crippen LogP contribution in [0.3, 0.4) is 0 Å². The molecule has 13 heteroatoms. The fourth-order valence-corrected chi connectivity index (χ4v) is 5.17. The molecule has 5 rings (SSSR count). The molecule has 1 N–H and O–H groups in total. The smallest absolute Gasteiger partial charge is 0.378 e. The van der Waals surface area contributed by atoms with Crippen LogP contribution in [0.15, 0.2) is 30.6 Å². The van der Waals surface area contributed by atoms with E-state index in [1.165, 1.54) is 27.6 Å². The average Bonchev–Trinajstić information content (AvgIpc) is 3.52. The normalized spacial score (nSPS) is 18.4. The number of halogens is 6. The molecular weight excluding hydrogens is 528 g/mol. The third-order valence-electron chi connectivity index (χ3n) is 7.09. The molecule has 0 spiro atoms. The molecule has 2 amide bonds. The van der Waals surface area contributed by atoms with E-state index in [-0.39, 0.29) is 30.9 Å². The van der Waals surface area contributed by atoms with E-state index in [0.717, 1.165) is 0 Å². The van der Waals surface area contributed by atoms with Gasteiger partial charge in [0.05, 0.1) is 24.6 Å². The number of nitrogens with zero attached hydrogens (tertiary/aromatic N) is 4. The van der Waals surface area contributed by atoms with Crippen molar-refractivity contribution in [2.45, 2.75) is 32.4 Å². The quantitative estimate of drug-likeness (QED) is 0.391. The molecule has 0 saturated carbocycles. The average molecular weight is 556 g/mol. The lowest BCUT2D eigenvalue weighted by Gasteiger charge is -2.29. The summed E-state index contributed by atoms with van der Waals surface area (Å²) in [6.45, 7) is 3.74. The van der Waals surface area contributed by atoms with Crippen LogP contribution in [-0.4, -0.2) is 65.9 Å². The highest BCUT2D eigenvalue weighted by atomic mass is 19.4. The van der Waals surface area contributed by atoms with Crippen LogP contribution in [0.2, 0.25) is 0 Å². The fraction of sp³-hybridized carbons (Fsp3) is 0.462. The van der Waals surface area contributed by atoms with Crippen molar-refractivity contribution in [3.05, 3.63) is 47.7 Å². The molecule has 1 unspecified atom stereocenters. The maximum atomic E-state index is 14.9. The number of benzene rings is 1. The number of morpholine rings is 1. The zero-order valence-corrected chi connectivity index (χ0v) is 21.1. The van der Waals surface area contributed by atoms with Crippen LogP contribution in [0.1, 0.15) is 30.5 Å². The first-order chi connectivity index (χ1) is 18.5. The number of carbonyl (C=O) groups is 1. The minimum Gasteiger partial charge on any atom is -0.378 e. The van der Waals surface area contributed by atoms with Crippen LogP contribution >= 0.6 is 0 Å². The number of pyridine rings is 1. The number of carbonyl (C=O) groups excluding carboxylic acids is 1. The van der Waals surface area contributed by atoms with Crippen molar-refractivity contribution in [2.75, 3.05) is 49.6 Å². The minimum absolute atomic E-state index is 0.0711. The largest absolute Gasteiger partial charge is 0.389 e. The number of nitrogens with one attached hydrogen (secondary N) is 1. The Morgan fingerprint density at radius 2 is 1.90 bits per heavy atom. The van der Waals surface area contributed by atoms with Crippen LogP contribution < -0.4 is 10.2 Å². The van der Waals surface area contributed by atoms with Crippen molar-refractivity contribution in [1.82, 2.24) is 14.3 Å². The van der Waals surface area contributed by atoms with Gasteiger partial charge in [0.25, 0.3) is 6.43 Å². The summed E-state index contributed by atoms with van der Waals surface area (Å²) in [7, 11) is 0. The first-order valence-corrected chi connectivity index (χ1v) is 12.5. The number of hydrogen-bond donors (Lipinski definition) is 1. The molecule has 1 aromatic carbocycles. The second-order valence-corrected chi connectivity index (χ2v) is 9.91. The monoisotopic (exact) mass is 555 g/mol. The molecule has 2 aliphatic heterocycles. The molecule has 3 aromatic rings. The van der Waals surface area contributed by atoms with Gasteiger partial charge in [-0.15, -0.1) is 0 Å². The Morgan fingerprint density at radius 1 is 1.15 bits per heavy atom. The van der Waals surface area contributed by atoms with Crippen molar-refractivity contribution < 1.29 is 35.9 Å². The minimum atomic E-state index is -4.32. The first-order valence-electron chi connectivity index (χ1n) is 12.5. The summed E-state index contributed by atoms with van der Waals surface area (Å²) in [5.41, 5.74) is 2.13. The number of amides is 2. The van der Waals surface area contributed by atoms with Gasteiger partial charge >= 0.3 is 12.2 Å². The molecule has 2 aliphatic rings. The number of alkyl halides is 5. The van der Waals surface area contributed by atoms with Crippen molar-refractivity contribution in [2.24, 2.45) is 5.92 Å². The summed E-state index contributed by atoms with van der Waals surface area (Å²) in [6, 6.07) is 3.80. The number of anilines is 2. The number of imidazole rings is 1. The number of hydrogen-bond acceptors (Lipinski definition) is 4. The molecule has 2 aromatic heterocycles. The molecular formula is C26H27F6N5O2. The first kappa shape index (κ1) is 27.1. The number of urea groups is 1. The SMILES string of the molecule is Cc1cc(F)c(NC(=O)N2CCC(CC(F)(F)F)C2)cc1-c1cc(N2CCOCC2)c2nc(C(F)F)cn2c1. The van der Waals surface area contributed by atoms with E-state index in [1.54, 1.807) is 19.2 Å². The predicted molar refractivity (Wildman–Crippen MR) is 133 cm³/mol. The van der Waals surface area contributed by atoms with Crippen LogP contribution in [0.4, 0.5) is 42.5 Å². The van der Waals surface area contributed by atoms with E-state index in [4.69, 9.17) is 4.74 Å². The van der Waals surface area contributed by atoms with E-state index in [9.17, 15) is 31.1 Å². The third-order valence-corrected chi connectivity index (χ3v) is 7.09. The Balaban J connectivity index is 1.46. The van der Waals surface area contributed by atoms with Gasteiger partial charge in [-0.05, 0) is 48.6 Å². The summed E-state index contributed by atoms with van der Waals surface area (Å²) in [5, 5.41) is 2.49. The van der Waals surface area contributed by atoms with Crippen molar-refractivity contribution in [3.8, 4) is 11.1 Å². The van der Waals surface area contributed by atoms with E-state index in [0.29, 0.717) is 54.3 Å². The molecule has 7 nitrogen and oxygen atoms in total. The van der Waals surface area contributed by atoms with Gasteiger partial charge in [0.15, 0.2) is 5.65 Å². The lowest BCUT2D eigenvalue weighted by Crippen LogP contribution is -2.36. The molecule has 210 valence electrons. The Labute approximate surface area is 220 Å². The lowest BCUT2D eigenvalue weighted by atomic mass is 10.00.